The maximum absolute atomic E-state index is 12.6. The lowest BCUT2D eigenvalue weighted by Gasteiger charge is -2.11. The molecule has 2 aromatic rings. The number of nitrogens with two attached hydrogens (primary N) is 1. The fourth-order valence-electron chi connectivity index (χ4n) is 1.71. The normalized spacial score (nSPS) is 11.4. The number of nitrogens with zero attached hydrogens (tertiary/aromatic N) is 2. The first-order valence-electron chi connectivity index (χ1n) is 5.95. The van der Waals surface area contributed by atoms with Crippen molar-refractivity contribution in [2.75, 3.05) is 18.2 Å². The second kappa shape index (κ2) is 5.96. The summed E-state index contributed by atoms with van der Waals surface area (Å²) in [7, 11) is 1.56. The first-order chi connectivity index (χ1) is 9.88. The molecule has 21 heavy (non-hydrogen) atoms. The van der Waals surface area contributed by atoms with E-state index < -0.39 is 12.0 Å². The standard InChI is InChI=1S/C13H13F3N4O/c1-21-7-8-3-2-4-9(5-8)18-11-6-10(17)19-12(20-11)13(14,15)16/h2-6H,7H2,1H3,(H3,17,18,19,20). The average Bonchev–Trinajstić information content (AvgIpc) is 2.38. The fraction of sp³-hybridized carbons (Fsp3) is 0.231. The first-order valence-corrected chi connectivity index (χ1v) is 5.95. The molecular weight excluding hydrogens is 285 g/mol. The molecule has 2 rings (SSSR count). The molecule has 0 aliphatic rings. The van der Waals surface area contributed by atoms with Crippen LogP contribution in [-0.2, 0) is 17.5 Å². The van der Waals surface area contributed by atoms with Crippen molar-refractivity contribution in [1.29, 1.82) is 0 Å². The molecule has 1 aromatic heterocycles. The zero-order chi connectivity index (χ0) is 15.5. The number of halogens is 3. The van der Waals surface area contributed by atoms with Gasteiger partial charge in [0.1, 0.15) is 11.6 Å². The first kappa shape index (κ1) is 15.0. The van der Waals surface area contributed by atoms with E-state index >= 15 is 0 Å². The highest BCUT2D eigenvalue weighted by Crippen LogP contribution is 2.28. The van der Waals surface area contributed by atoms with Gasteiger partial charge in [0.05, 0.1) is 6.61 Å². The summed E-state index contributed by atoms with van der Waals surface area (Å²) in [6.07, 6.45) is -4.65. The Kier molecular flexibility index (Phi) is 4.27. The Bertz CT molecular complexity index is 631. The Balaban J connectivity index is 2.27. The lowest BCUT2D eigenvalue weighted by Crippen LogP contribution is -2.13. The maximum Gasteiger partial charge on any atom is 0.451 e. The van der Waals surface area contributed by atoms with Crippen molar-refractivity contribution in [3.8, 4) is 0 Å². The Labute approximate surface area is 119 Å². The molecule has 0 atom stereocenters. The van der Waals surface area contributed by atoms with Gasteiger partial charge in [-0.05, 0) is 17.7 Å². The van der Waals surface area contributed by atoms with Crippen molar-refractivity contribution in [2.24, 2.45) is 0 Å². The van der Waals surface area contributed by atoms with Crippen molar-refractivity contribution in [3.63, 3.8) is 0 Å². The SMILES string of the molecule is COCc1cccc(Nc2cc(N)nc(C(F)(F)F)n2)c1. The molecule has 3 N–H and O–H groups in total. The van der Waals surface area contributed by atoms with Gasteiger partial charge < -0.3 is 15.8 Å². The van der Waals surface area contributed by atoms with Crippen LogP contribution in [0.25, 0.3) is 0 Å². The maximum atomic E-state index is 12.6. The lowest BCUT2D eigenvalue weighted by atomic mass is 10.2. The van der Waals surface area contributed by atoms with Crippen LogP contribution in [0.3, 0.4) is 0 Å². The summed E-state index contributed by atoms with van der Waals surface area (Å²) in [4.78, 5) is 6.59. The van der Waals surface area contributed by atoms with Crippen molar-refractivity contribution in [3.05, 3.63) is 41.7 Å². The number of aromatic nitrogens is 2. The number of ether oxygens (including phenoxy) is 1. The van der Waals surface area contributed by atoms with E-state index in [2.05, 4.69) is 15.3 Å². The number of methoxy groups -OCH3 is 1. The van der Waals surface area contributed by atoms with E-state index in [4.69, 9.17) is 10.5 Å². The van der Waals surface area contributed by atoms with Crippen molar-refractivity contribution in [2.45, 2.75) is 12.8 Å². The number of alkyl halides is 3. The van der Waals surface area contributed by atoms with Crippen LogP contribution in [0.4, 0.5) is 30.5 Å². The van der Waals surface area contributed by atoms with Gasteiger partial charge in [0.25, 0.3) is 0 Å². The van der Waals surface area contributed by atoms with Gasteiger partial charge in [-0.25, -0.2) is 9.97 Å². The van der Waals surface area contributed by atoms with Crippen molar-refractivity contribution >= 4 is 17.3 Å². The molecule has 8 heteroatoms. The van der Waals surface area contributed by atoms with Crippen LogP contribution < -0.4 is 11.1 Å². The number of nitrogen functional groups attached to an aromatic ring is 1. The Hall–Kier alpha value is -2.35. The Morgan fingerprint density at radius 1 is 1.24 bits per heavy atom. The molecule has 1 heterocycles. The number of hydrogen-bond donors (Lipinski definition) is 2. The highest BCUT2D eigenvalue weighted by Gasteiger charge is 2.35. The summed E-state index contributed by atoms with van der Waals surface area (Å²) in [5.41, 5.74) is 6.83. The monoisotopic (exact) mass is 298 g/mol. The number of nitrogens with one attached hydrogen (secondary N) is 1. The molecule has 5 nitrogen and oxygen atoms in total. The van der Waals surface area contributed by atoms with Gasteiger partial charge in [0, 0.05) is 18.9 Å². The van der Waals surface area contributed by atoms with Crippen LogP contribution in [0.15, 0.2) is 30.3 Å². The zero-order valence-electron chi connectivity index (χ0n) is 11.1. The second-order valence-corrected chi connectivity index (χ2v) is 4.26. The number of benzene rings is 1. The van der Waals surface area contributed by atoms with E-state index in [0.29, 0.717) is 12.3 Å². The smallest absolute Gasteiger partial charge is 0.384 e. The Morgan fingerprint density at radius 2 is 2.00 bits per heavy atom. The van der Waals surface area contributed by atoms with Crippen LogP contribution >= 0.6 is 0 Å². The minimum Gasteiger partial charge on any atom is -0.384 e. The third-order valence-electron chi connectivity index (χ3n) is 2.51. The molecule has 0 amide bonds. The van der Waals surface area contributed by atoms with Crippen LogP contribution in [0.5, 0.6) is 0 Å². The van der Waals surface area contributed by atoms with Gasteiger partial charge in [0.2, 0.25) is 5.82 Å². The predicted octanol–water partition coefficient (Wildman–Crippen LogP) is 2.97. The topological polar surface area (TPSA) is 73.1 Å². The summed E-state index contributed by atoms with van der Waals surface area (Å²) in [6.45, 7) is 0.398. The van der Waals surface area contributed by atoms with Crippen LogP contribution in [0, 0.1) is 0 Å². The molecule has 0 radical (unpaired) electrons. The van der Waals surface area contributed by atoms with E-state index in [0.717, 1.165) is 5.56 Å². The third kappa shape index (κ3) is 4.06. The molecule has 112 valence electrons. The van der Waals surface area contributed by atoms with Crippen LogP contribution in [0.2, 0.25) is 0 Å². The molecule has 0 saturated heterocycles. The quantitative estimate of drug-likeness (QED) is 0.908. The molecule has 0 unspecified atom stereocenters. The van der Waals surface area contributed by atoms with E-state index in [9.17, 15) is 13.2 Å². The van der Waals surface area contributed by atoms with Gasteiger partial charge in [-0.2, -0.15) is 13.2 Å². The molecule has 1 aromatic carbocycles. The largest absolute Gasteiger partial charge is 0.451 e. The summed E-state index contributed by atoms with van der Waals surface area (Å²) < 4.78 is 42.9. The molecule has 0 bridgehead atoms. The van der Waals surface area contributed by atoms with E-state index in [1.165, 1.54) is 6.07 Å². The third-order valence-corrected chi connectivity index (χ3v) is 2.51. The van der Waals surface area contributed by atoms with Gasteiger partial charge in [-0.15, -0.1) is 0 Å². The van der Waals surface area contributed by atoms with Crippen molar-refractivity contribution < 1.29 is 17.9 Å². The van der Waals surface area contributed by atoms with E-state index in [1.807, 2.05) is 6.07 Å². The minimum absolute atomic E-state index is 0.0237. The molecule has 0 aliphatic carbocycles. The minimum atomic E-state index is -4.65. The summed E-state index contributed by atoms with van der Waals surface area (Å²) >= 11 is 0. The number of anilines is 3. The van der Waals surface area contributed by atoms with E-state index in [1.54, 1.807) is 25.3 Å². The van der Waals surface area contributed by atoms with E-state index in [-0.39, 0.29) is 11.6 Å². The summed E-state index contributed by atoms with van der Waals surface area (Å²) in [5.74, 6) is -1.56. The highest BCUT2D eigenvalue weighted by atomic mass is 19.4. The Morgan fingerprint density at radius 3 is 2.67 bits per heavy atom. The zero-order valence-corrected chi connectivity index (χ0v) is 11.1. The number of hydrogen-bond acceptors (Lipinski definition) is 5. The summed E-state index contributed by atoms with van der Waals surface area (Å²) in [6, 6.07) is 8.27. The van der Waals surface area contributed by atoms with Gasteiger partial charge in [0.15, 0.2) is 0 Å². The predicted molar refractivity (Wildman–Crippen MR) is 71.9 cm³/mol. The molecular formula is C13H13F3N4O. The summed E-state index contributed by atoms with van der Waals surface area (Å²) in [5, 5.41) is 2.77. The van der Waals surface area contributed by atoms with Crippen LogP contribution in [-0.4, -0.2) is 17.1 Å². The lowest BCUT2D eigenvalue weighted by molar-refractivity contribution is -0.144. The van der Waals surface area contributed by atoms with Gasteiger partial charge >= 0.3 is 6.18 Å². The average molecular weight is 298 g/mol. The van der Waals surface area contributed by atoms with Crippen molar-refractivity contribution in [1.82, 2.24) is 9.97 Å². The number of rotatable bonds is 4. The fourth-order valence-corrected chi connectivity index (χ4v) is 1.71. The van der Waals surface area contributed by atoms with Gasteiger partial charge in [-0.3, -0.25) is 0 Å². The molecule has 0 saturated carbocycles. The molecule has 0 spiro atoms. The molecule has 0 fully saturated rings. The van der Waals surface area contributed by atoms with Gasteiger partial charge in [-0.1, -0.05) is 12.1 Å². The second-order valence-electron chi connectivity index (χ2n) is 4.26. The highest BCUT2D eigenvalue weighted by molar-refractivity contribution is 5.59. The molecule has 0 aliphatic heterocycles. The van der Waals surface area contributed by atoms with Crippen LogP contribution in [0.1, 0.15) is 11.4 Å².